The molecule has 0 spiro atoms. The fourth-order valence-corrected chi connectivity index (χ4v) is 2.53. The Labute approximate surface area is 137 Å². The highest BCUT2D eigenvalue weighted by atomic mass is 19.1. The van der Waals surface area contributed by atoms with E-state index in [4.69, 9.17) is 0 Å². The zero-order valence-electron chi connectivity index (χ0n) is 13.3. The molecule has 0 bridgehead atoms. The van der Waals surface area contributed by atoms with Gasteiger partial charge in [-0.15, -0.1) is 0 Å². The van der Waals surface area contributed by atoms with E-state index < -0.39 is 17.3 Å². The molecule has 0 atom stereocenters. The molecule has 1 amide bonds. The number of fused-ring (bicyclic) bond motifs is 1. The molecule has 1 N–H and O–H groups in total. The SMILES string of the molecule is CCn1c(=O)c(C(=O)Nc2ccc(C)c(F)c2)cc2cccnc21. The molecule has 24 heavy (non-hydrogen) atoms. The van der Waals surface area contributed by atoms with Gasteiger partial charge in [0.1, 0.15) is 17.0 Å². The molecule has 1 aromatic carbocycles. The summed E-state index contributed by atoms with van der Waals surface area (Å²) < 4.78 is 15.1. The van der Waals surface area contributed by atoms with Crippen LogP contribution in [0.1, 0.15) is 22.8 Å². The smallest absolute Gasteiger partial charge is 0.265 e. The second-order valence-corrected chi connectivity index (χ2v) is 5.44. The Bertz CT molecular complexity index is 995. The highest BCUT2D eigenvalue weighted by Gasteiger charge is 2.16. The molecule has 0 saturated carbocycles. The standard InChI is InChI=1S/C18H16FN3O2/c1-3-22-16-12(5-4-8-20-16)9-14(18(22)24)17(23)21-13-7-6-11(2)15(19)10-13/h4-10H,3H2,1-2H3,(H,21,23). The average molecular weight is 325 g/mol. The molecule has 2 heterocycles. The van der Waals surface area contributed by atoms with Crippen molar-refractivity contribution in [2.24, 2.45) is 0 Å². The third-order valence-corrected chi connectivity index (χ3v) is 3.84. The first kappa shape index (κ1) is 15.9. The van der Waals surface area contributed by atoms with E-state index >= 15 is 0 Å². The second-order valence-electron chi connectivity index (χ2n) is 5.44. The first-order valence-corrected chi connectivity index (χ1v) is 7.57. The highest BCUT2D eigenvalue weighted by molar-refractivity contribution is 6.05. The van der Waals surface area contributed by atoms with Crippen molar-refractivity contribution in [2.45, 2.75) is 20.4 Å². The molecule has 0 aliphatic heterocycles. The number of aromatic nitrogens is 2. The Morgan fingerprint density at radius 3 is 2.79 bits per heavy atom. The van der Waals surface area contributed by atoms with E-state index in [1.807, 2.05) is 6.92 Å². The van der Waals surface area contributed by atoms with E-state index in [0.29, 0.717) is 28.8 Å². The summed E-state index contributed by atoms with van der Waals surface area (Å²) >= 11 is 0. The molecule has 2 aromatic heterocycles. The summed E-state index contributed by atoms with van der Waals surface area (Å²) in [6.07, 6.45) is 1.60. The zero-order valence-corrected chi connectivity index (χ0v) is 13.3. The third-order valence-electron chi connectivity index (χ3n) is 3.84. The van der Waals surface area contributed by atoms with Crippen LogP contribution in [0.25, 0.3) is 11.0 Å². The molecule has 6 heteroatoms. The highest BCUT2D eigenvalue weighted by Crippen LogP contribution is 2.16. The number of aryl methyl sites for hydroxylation is 2. The number of pyridine rings is 2. The Morgan fingerprint density at radius 1 is 1.29 bits per heavy atom. The van der Waals surface area contributed by atoms with E-state index in [9.17, 15) is 14.0 Å². The minimum absolute atomic E-state index is 0.00154. The van der Waals surface area contributed by atoms with Gasteiger partial charge in [0, 0.05) is 23.8 Å². The summed E-state index contributed by atoms with van der Waals surface area (Å²) in [5, 5.41) is 3.26. The summed E-state index contributed by atoms with van der Waals surface area (Å²) in [5.74, 6) is -0.988. The molecule has 3 rings (SSSR count). The van der Waals surface area contributed by atoms with Crippen LogP contribution >= 0.6 is 0 Å². The van der Waals surface area contributed by atoms with Crippen molar-refractivity contribution in [3.8, 4) is 0 Å². The van der Waals surface area contributed by atoms with Gasteiger partial charge < -0.3 is 5.32 Å². The van der Waals surface area contributed by atoms with Gasteiger partial charge in [0.05, 0.1) is 0 Å². The number of rotatable bonds is 3. The first-order valence-electron chi connectivity index (χ1n) is 7.57. The summed E-state index contributed by atoms with van der Waals surface area (Å²) in [7, 11) is 0. The van der Waals surface area contributed by atoms with Crippen LogP contribution in [0, 0.1) is 12.7 Å². The molecular weight excluding hydrogens is 309 g/mol. The number of benzene rings is 1. The van der Waals surface area contributed by atoms with Gasteiger partial charge in [-0.3, -0.25) is 14.2 Å². The van der Waals surface area contributed by atoms with Crippen LogP contribution in [0.15, 0.2) is 47.4 Å². The molecule has 3 aromatic rings. The van der Waals surface area contributed by atoms with Gasteiger partial charge in [-0.25, -0.2) is 9.37 Å². The number of hydrogen-bond acceptors (Lipinski definition) is 3. The predicted octanol–water partition coefficient (Wildman–Crippen LogP) is 3.12. The number of carbonyl (C=O) groups is 1. The summed E-state index contributed by atoms with van der Waals surface area (Å²) in [6, 6.07) is 9.43. The molecule has 0 unspecified atom stereocenters. The van der Waals surface area contributed by atoms with E-state index in [2.05, 4.69) is 10.3 Å². The maximum atomic E-state index is 13.6. The predicted molar refractivity (Wildman–Crippen MR) is 90.8 cm³/mol. The van der Waals surface area contributed by atoms with Gasteiger partial charge in [0.15, 0.2) is 0 Å². The normalized spacial score (nSPS) is 10.8. The number of halogens is 1. The lowest BCUT2D eigenvalue weighted by molar-refractivity contribution is 0.102. The number of amides is 1. The monoisotopic (exact) mass is 325 g/mol. The van der Waals surface area contributed by atoms with Crippen molar-refractivity contribution < 1.29 is 9.18 Å². The molecule has 122 valence electrons. The largest absolute Gasteiger partial charge is 0.322 e. The van der Waals surface area contributed by atoms with Gasteiger partial charge in [0.2, 0.25) is 0 Å². The lowest BCUT2D eigenvalue weighted by Crippen LogP contribution is -2.29. The lowest BCUT2D eigenvalue weighted by atomic mass is 10.1. The van der Waals surface area contributed by atoms with Crippen LogP contribution in [-0.4, -0.2) is 15.5 Å². The molecule has 0 fully saturated rings. The lowest BCUT2D eigenvalue weighted by Gasteiger charge is -2.11. The number of nitrogens with one attached hydrogen (secondary N) is 1. The van der Waals surface area contributed by atoms with Crippen LogP contribution in [0.5, 0.6) is 0 Å². The maximum absolute atomic E-state index is 13.6. The molecule has 0 saturated heterocycles. The summed E-state index contributed by atoms with van der Waals surface area (Å²) in [5.41, 5.74) is 0.894. The summed E-state index contributed by atoms with van der Waals surface area (Å²) in [4.78, 5) is 29.2. The topological polar surface area (TPSA) is 64.0 Å². The van der Waals surface area contributed by atoms with Crippen molar-refractivity contribution in [2.75, 3.05) is 5.32 Å². The van der Waals surface area contributed by atoms with Crippen LogP contribution in [0.2, 0.25) is 0 Å². The average Bonchev–Trinajstić information content (AvgIpc) is 2.57. The maximum Gasteiger partial charge on any atom is 0.265 e. The summed E-state index contributed by atoms with van der Waals surface area (Å²) in [6.45, 7) is 3.84. The molecular formula is C18H16FN3O2. The third kappa shape index (κ3) is 2.78. The van der Waals surface area contributed by atoms with E-state index in [1.54, 1.807) is 37.4 Å². The van der Waals surface area contributed by atoms with Gasteiger partial charge in [-0.2, -0.15) is 0 Å². The van der Waals surface area contributed by atoms with Crippen molar-refractivity contribution >= 4 is 22.6 Å². The Kier molecular flexibility index (Phi) is 4.12. The van der Waals surface area contributed by atoms with Crippen LogP contribution in [-0.2, 0) is 6.54 Å². The van der Waals surface area contributed by atoms with Gasteiger partial charge in [-0.05, 0) is 49.7 Å². The number of anilines is 1. The fraction of sp³-hybridized carbons (Fsp3) is 0.167. The van der Waals surface area contributed by atoms with E-state index in [0.717, 1.165) is 0 Å². The van der Waals surface area contributed by atoms with Gasteiger partial charge >= 0.3 is 0 Å². The quantitative estimate of drug-likeness (QED) is 0.805. The number of nitrogens with zero attached hydrogens (tertiary/aromatic N) is 2. The second kappa shape index (κ2) is 6.23. The minimum Gasteiger partial charge on any atom is -0.322 e. The first-order chi connectivity index (χ1) is 11.5. The molecule has 0 aliphatic rings. The Morgan fingerprint density at radius 2 is 2.08 bits per heavy atom. The molecule has 0 aliphatic carbocycles. The van der Waals surface area contributed by atoms with Crippen LogP contribution in [0.3, 0.4) is 0 Å². The van der Waals surface area contributed by atoms with Crippen molar-refractivity contribution in [3.63, 3.8) is 0 Å². The van der Waals surface area contributed by atoms with E-state index in [1.165, 1.54) is 16.7 Å². The molecule has 5 nitrogen and oxygen atoms in total. The van der Waals surface area contributed by atoms with Crippen LogP contribution in [0.4, 0.5) is 10.1 Å². The van der Waals surface area contributed by atoms with Gasteiger partial charge in [-0.1, -0.05) is 6.07 Å². The molecule has 0 radical (unpaired) electrons. The van der Waals surface area contributed by atoms with E-state index in [-0.39, 0.29) is 5.56 Å². The minimum atomic E-state index is -0.573. The fourth-order valence-electron chi connectivity index (χ4n) is 2.53. The Hall–Kier alpha value is -3.02. The zero-order chi connectivity index (χ0) is 17.3. The Balaban J connectivity index is 2.05. The van der Waals surface area contributed by atoms with Crippen molar-refractivity contribution in [3.05, 3.63) is 69.9 Å². The number of carbonyl (C=O) groups excluding carboxylic acids is 1. The van der Waals surface area contributed by atoms with Crippen LogP contribution < -0.4 is 10.9 Å². The van der Waals surface area contributed by atoms with Gasteiger partial charge in [0.25, 0.3) is 11.5 Å². The van der Waals surface area contributed by atoms with Crippen molar-refractivity contribution in [1.82, 2.24) is 9.55 Å². The number of hydrogen-bond donors (Lipinski definition) is 1. The van der Waals surface area contributed by atoms with Crippen molar-refractivity contribution in [1.29, 1.82) is 0 Å².